The fourth-order valence-electron chi connectivity index (χ4n) is 3.08. The Bertz CT molecular complexity index is 599. The first kappa shape index (κ1) is 19.9. The van der Waals surface area contributed by atoms with Crippen molar-refractivity contribution in [2.24, 2.45) is 0 Å². The minimum absolute atomic E-state index is 0.0685. The maximum absolute atomic E-state index is 12.8. The molecule has 0 aliphatic carbocycles. The number of methoxy groups -OCH3 is 1. The quantitative estimate of drug-likeness (QED) is 0.738. The van der Waals surface area contributed by atoms with Gasteiger partial charge in [0.05, 0.1) is 17.6 Å². The number of hydrogen-bond acceptors (Lipinski definition) is 6. The predicted molar refractivity (Wildman–Crippen MR) is 104 cm³/mol. The van der Waals surface area contributed by atoms with Gasteiger partial charge in [-0.25, -0.2) is 0 Å². The number of pyridine rings is 1. The molecule has 1 amide bonds. The molecule has 1 aromatic heterocycles. The van der Waals surface area contributed by atoms with Crippen molar-refractivity contribution >= 4 is 27.7 Å². The summed E-state index contributed by atoms with van der Waals surface area (Å²) >= 11 is 3.44. The molecule has 0 spiro atoms. The normalized spacial score (nSPS) is 19.3. The molecule has 2 rings (SSSR count). The van der Waals surface area contributed by atoms with Crippen LogP contribution in [0.1, 0.15) is 23.7 Å². The van der Waals surface area contributed by atoms with Crippen LogP contribution in [0.5, 0.6) is 5.88 Å². The Hall–Kier alpha value is -1.38. The van der Waals surface area contributed by atoms with Crippen LogP contribution in [0.15, 0.2) is 10.5 Å². The largest absolute Gasteiger partial charge is 0.480 e. The number of carbonyl (C=O) groups is 1. The van der Waals surface area contributed by atoms with Crippen molar-refractivity contribution in [3.8, 4) is 5.88 Å². The Morgan fingerprint density at radius 3 is 2.84 bits per heavy atom. The number of carbonyl (C=O) groups excluding carboxylic acids is 1. The first-order valence-corrected chi connectivity index (χ1v) is 9.41. The summed E-state index contributed by atoms with van der Waals surface area (Å²) in [6.07, 6.45) is 1.11. The molecule has 7 nitrogen and oxygen atoms in total. The number of halogens is 1. The summed E-state index contributed by atoms with van der Waals surface area (Å²) in [4.78, 5) is 21.8. The molecule has 1 atom stereocenters. The van der Waals surface area contributed by atoms with Crippen molar-refractivity contribution in [2.75, 3.05) is 59.2 Å². The van der Waals surface area contributed by atoms with Crippen molar-refractivity contribution in [3.63, 3.8) is 0 Å². The lowest BCUT2D eigenvalue weighted by Crippen LogP contribution is -2.46. The molecule has 1 aliphatic rings. The smallest absolute Gasteiger partial charge is 0.257 e. The highest BCUT2D eigenvalue weighted by Gasteiger charge is 2.24. The first-order chi connectivity index (χ1) is 12.0. The highest BCUT2D eigenvalue weighted by molar-refractivity contribution is 9.10. The average molecular weight is 414 g/mol. The summed E-state index contributed by atoms with van der Waals surface area (Å²) in [5, 5.41) is 6.12. The summed E-state index contributed by atoms with van der Waals surface area (Å²) in [5.41, 5.74) is 0.433. The molecule has 2 N–H and O–H groups in total. The fourth-order valence-corrected chi connectivity index (χ4v) is 3.60. The summed E-state index contributed by atoms with van der Waals surface area (Å²) in [6, 6.07) is 1.82. The van der Waals surface area contributed by atoms with E-state index in [1.54, 1.807) is 13.1 Å². The molecule has 1 saturated heterocycles. The molecule has 25 heavy (non-hydrogen) atoms. The van der Waals surface area contributed by atoms with E-state index in [0.29, 0.717) is 17.3 Å². The van der Waals surface area contributed by atoms with E-state index in [-0.39, 0.29) is 11.9 Å². The molecule has 0 saturated carbocycles. The lowest BCUT2D eigenvalue weighted by molar-refractivity contribution is 0.0920. The molecule has 140 valence electrons. The molecule has 0 bridgehead atoms. The third-order valence-electron chi connectivity index (χ3n) is 4.30. The topological polar surface area (TPSA) is 69.7 Å². The number of ether oxygens (including phenoxy) is 1. The van der Waals surface area contributed by atoms with Crippen LogP contribution in [0.4, 0.5) is 5.82 Å². The molecular weight excluding hydrogens is 386 g/mol. The predicted octanol–water partition coefficient (Wildman–Crippen LogP) is 1.65. The van der Waals surface area contributed by atoms with Crippen LogP contribution in [0, 0.1) is 0 Å². The van der Waals surface area contributed by atoms with Gasteiger partial charge in [0.15, 0.2) is 0 Å². The van der Waals surface area contributed by atoms with Crippen LogP contribution >= 0.6 is 15.9 Å². The van der Waals surface area contributed by atoms with E-state index < -0.39 is 0 Å². The van der Waals surface area contributed by atoms with Gasteiger partial charge >= 0.3 is 0 Å². The first-order valence-electron chi connectivity index (χ1n) is 8.62. The Morgan fingerprint density at radius 1 is 1.44 bits per heavy atom. The minimum atomic E-state index is -0.163. The van der Waals surface area contributed by atoms with Crippen LogP contribution < -0.4 is 15.4 Å². The highest BCUT2D eigenvalue weighted by Crippen LogP contribution is 2.27. The van der Waals surface area contributed by atoms with Gasteiger partial charge in [-0.05, 0) is 42.0 Å². The standard InChI is InChI=1S/C17H28BrN5O2/c1-5-6-23-8-7-22(3)10-12(11-23)20-16(24)13-9-14(18)15(19-2)21-17(13)25-4/h9,12H,5-8,10-11H2,1-4H3,(H,19,21)(H,20,24). The molecule has 1 aromatic rings. The fraction of sp³-hybridized carbons (Fsp3) is 0.647. The SMILES string of the molecule is CCCN1CCN(C)CC(NC(=O)c2cc(Br)c(NC)nc2OC)C1. The van der Waals surface area contributed by atoms with Gasteiger partial charge in [-0.15, -0.1) is 0 Å². The lowest BCUT2D eigenvalue weighted by atomic mass is 10.2. The third kappa shape index (κ3) is 5.29. The zero-order chi connectivity index (χ0) is 18.4. The summed E-state index contributed by atoms with van der Waals surface area (Å²) in [5.74, 6) is 0.790. The number of nitrogens with one attached hydrogen (secondary N) is 2. The Balaban J connectivity index is 2.15. The molecule has 1 unspecified atom stereocenters. The van der Waals surface area contributed by atoms with E-state index in [9.17, 15) is 4.79 Å². The van der Waals surface area contributed by atoms with E-state index in [4.69, 9.17) is 4.74 Å². The maximum atomic E-state index is 12.8. The van der Waals surface area contributed by atoms with Crippen LogP contribution in [0.2, 0.25) is 0 Å². The van der Waals surface area contributed by atoms with Gasteiger partial charge in [-0.3, -0.25) is 9.69 Å². The zero-order valence-electron chi connectivity index (χ0n) is 15.4. The summed E-state index contributed by atoms with van der Waals surface area (Å²) < 4.78 is 6.03. The molecule has 0 radical (unpaired) electrons. The number of hydrogen-bond donors (Lipinski definition) is 2. The number of rotatable bonds is 6. The summed E-state index contributed by atoms with van der Waals surface area (Å²) in [6.45, 7) is 6.96. The minimum Gasteiger partial charge on any atom is -0.480 e. The average Bonchev–Trinajstić information content (AvgIpc) is 2.76. The lowest BCUT2D eigenvalue weighted by Gasteiger charge is -2.24. The van der Waals surface area contributed by atoms with Gasteiger partial charge < -0.3 is 20.3 Å². The Kier molecular flexibility index (Phi) is 7.46. The molecule has 1 fully saturated rings. The Morgan fingerprint density at radius 2 is 2.20 bits per heavy atom. The number of aromatic nitrogens is 1. The van der Waals surface area contributed by atoms with Crippen molar-refractivity contribution in [1.29, 1.82) is 0 Å². The van der Waals surface area contributed by atoms with Crippen LogP contribution in [-0.4, -0.2) is 80.7 Å². The van der Waals surface area contributed by atoms with Gasteiger partial charge in [0.1, 0.15) is 11.4 Å². The molecule has 2 heterocycles. The maximum Gasteiger partial charge on any atom is 0.257 e. The second kappa shape index (κ2) is 9.35. The van der Waals surface area contributed by atoms with Crippen molar-refractivity contribution < 1.29 is 9.53 Å². The van der Waals surface area contributed by atoms with E-state index in [1.807, 2.05) is 0 Å². The zero-order valence-corrected chi connectivity index (χ0v) is 17.0. The monoisotopic (exact) mass is 413 g/mol. The van der Waals surface area contributed by atoms with Gasteiger partial charge in [0.25, 0.3) is 5.91 Å². The van der Waals surface area contributed by atoms with E-state index in [1.165, 1.54) is 7.11 Å². The van der Waals surface area contributed by atoms with Crippen molar-refractivity contribution in [3.05, 3.63) is 16.1 Å². The van der Waals surface area contributed by atoms with Gasteiger partial charge in [0, 0.05) is 33.2 Å². The molecule has 0 aromatic carbocycles. The number of likely N-dealkylation sites (N-methyl/N-ethyl adjacent to an activating group) is 1. The highest BCUT2D eigenvalue weighted by atomic mass is 79.9. The van der Waals surface area contributed by atoms with Gasteiger partial charge in [0.2, 0.25) is 5.88 Å². The molecular formula is C17H28BrN5O2. The van der Waals surface area contributed by atoms with Gasteiger partial charge in [-0.2, -0.15) is 4.98 Å². The van der Waals surface area contributed by atoms with E-state index in [2.05, 4.69) is 55.3 Å². The van der Waals surface area contributed by atoms with Crippen LogP contribution in [0.3, 0.4) is 0 Å². The van der Waals surface area contributed by atoms with Crippen molar-refractivity contribution in [1.82, 2.24) is 20.1 Å². The van der Waals surface area contributed by atoms with E-state index >= 15 is 0 Å². The van der Waals surface area contributed by atoms with Crippen molar-refractivity contribution in [2.45, 2.75) is 19.4 Å². The second-order valence-corrected chi connectivity index (χ2v) is 7.21. The van der Waals surface area contributed by atoms with Gasteiger partial charge in [-0.1, -0.05) is 6.92 Å². The van der Waals surface area contributed by atoms with Crippen LogP contribution in [0.25, 0.3) is 0 Å². The Labute approximate surface area is 158 Å². The van der Waals surface area contributed by atoms with Crippen LogP contribution in [-0.2, 0) is 0 Å². The molecule has 1 aliphatic heterocycles. The summed E-state index contributed by atoms with van der Waals surface area (Å²) in [7, 11) is 5.39. The third-order valence-corrected chi connectivity index (χ3v) is 4.90. The number of nitrogens with zero attached hydrogens (tertiary/aromatic N) is 3. The van der Waals surface area contributed by atoms with E-state index in [0.717, 1.165) is 43.6 Å². The molecule has 8 heteroatoms. The second-order valence-electron chi connectivity index (χ2n) is 6.36. The number of anilines is 1. The number of amides is 1.